The van der Waals surface area contributed by atoms with Crippen molar-refractivity contribution < 1.29 is 23.8 Å². The summed E-state index contributed by atoms with van der Waals surface area (Å²) >= 11 is 0. The number of methoxy groups -OCH3 is 1. The maximum absolute atomic E-state index is 11.1. The van der Waals surface area contributed by atoms with Gasteiger partial charge in [-0.15, -0.1) is 0 Å². The van der Waals surface area contributed by atoms with Crippen LogP contribution in [0.2, 0.25) is 0 Å². The molecule has 19 heavy (non-hydrogen) atoms. The Bertz CT molecular complexity index is 348. The minimum absolute atomic E-state index is 0.180. The predicted octanol–water partition coefficient (Wildman–Crippen LogP) is 1.85. The van der Waals surface area contributed by atoms with Gasteiger partial charge in [0.05, 0.1) is 6.61 Å². The molecule has 1 aliphatic rings. The smallest absolute Gasteiger partial charge is 0.302 e. The van der Waals surface area contributed by atoms with E-state index in [-0.39, 0.29) is 30.6 Å². The Morgan fingerprint density at radius 3 is 2.74 bits per heavy atom. The molecule has 0 radical (unpaired) electrons. The third-order valence-electron chi connectivity index (χ3n) is 3.18. The maximum Gasteiger partial charge on any atom is 0.302 e. The maximum atomic E-state index is 11.1. The van der Waals surface area contributed by atoms with Gasteiger partial charge in [-0.1, -0.05) is 0 Å². The minimum atomic E-state index is -0.302. The lowest BCUT2D eigenvalue weighted by atomic mass is 9.88. The highest BCUT2D eigenvalue weighted by atomic mass is 16.7. The zero-order chi connectivity index (χ0) is 14.3. The summed E-state index contributed by atoms with van der Waals surface area (Å²) in [7, 11) is 1.61. The zero-order valence-electron chi connectivity index (χ0n) is 11.8. The van der Waals surface area contributed by atoms with Crippen molar-refractivity contribution in [3.63, 3.8) is 0 Å². The molecular weight excluding hydrogens is 248 g/mol. The molecule has 0 aliphatic carbocycles. The standard InChI is InChI=1S/C14H22O5/c1-10(15)4-5-12-8-14(17-3)19-9-13(12)6-7-18-11(2)16/h6,12,14H,4-5,7-9H2,1-3H3/b13-6-/t12-,14+/m0/s1. The van der Waals surface area contributed by atoms with Crippen molar-refractivity contribution in [1.29, 1.82) is 0 Å². The second-order valence-corrected chi connectivity index (χ2v) is 4.73. The van der Waals surface area contributed by atoms with Gasteiger partial charge in [0.25, 0.3) is 0 Å². The molecule has 0 aromatic rings. The van der Waals surface area contributed by atoms with Gasteiger partial charge < -0.3 is 19.0 Å². The summed E-state index contributed by atoms with van der Waals surface area (Å²) in [6, 6.07) is 0. The lowest BCUT2D eigenvalue weighted by Crippen LogP contribution is -2.29. The highest BCUT2D eigenvalue weighted by molar-refractivity contribution is 5.75. The van der Waals surface area contributed by atoms with Crippen molar-refractivity contribution in [2.75, 3.05) is 20.3 Å². The topological polar surface area (TPSA) is 61.8 Å². The summed E-state index contributed by atoms with van der Waals surface area (Å²) in [6.07, 6.45) is 3.72. The van der Waals surface area contributed by atoms with Crippen LogP contribution in [0.25, 0.3) is 0 Å². The zero-order valence-corrected chi connectivity index (χ0v) is 11.8. The molecule has 5 nitrogen and oxygen atoms in total. The summed E-state index contributed by atoms with van der Waals surface area (Å²) in [4.78, 5) is 21.8. The third-order valence-corrected chi connectivity index (χ3v) is 3.18. The van der Waals surface area contributed by atoms with Crippen LogP contribution in [0.5, 0.6) is 0 Å². The molecule has 2 atom stereocenters. The van der Waals surface area contributed by atoms with E-state index in [0.29, 0.717) is 13.0 Å². The summed E-state index contributed by atoms with van der Waals surface area (Å²) in [5.74, 6) is 0.126. The summed E-state index contributed by atoms with van der Waals surface area (Å²) < 4.78 is 15.6. The van der Waals surface area contributed by atoms with Gasteiger partial charge in [0.1, 0.15) is 12.4 Å². The molecule has 0 N–H and O–H groups in total. The van der Waals surface area contributed by atoms with Crippen molar-refractivity contribution in [2.24, 2.45) is 5.92 Å². The van der Waals surface area contributed by atoms with Crippen LogP contribution >= 0.6 is 0 Å². The Morgan fingerprint density at radius 1 is 1.42 bits per heavy atom. The van der Waals surface area contributed by atoms with E-state index >= 15 is 0 Å². The normalized spacial score (nSPS) is 25.3. The Hall–Kier alpha value is -1.20. The lowest BCUT2D eigenvalue weighted by molar-refractivity contribution is -0.144. The summed E-state index contributed by atoms with van der Waals surface area (Å²) in [5, 5.41) is 0. The number of carbonyl (C=O) groups is 2. The van der Waals surface area contributed by atoms with Gasteiger partial charge in [0.15, 0.2) is 6.29 Å². The van der Waals surface area contributed by atoms with E-state index < -0.39 is 0 Å². The van der Waals surface area contributed by atoms with Gasteiger partial charge in [-0.05, 0) is 30.9 Å². The SMILES string of the molecule is CO[C@H]1C[C@H](CCC(C)=O)/C(=C\COC(C)=O)CO1. The molecule has 1 fully saturated rings. The van der Waals surface area contributed by atoms with Crippen LogP contribution in [0.15, 0.2) is 11.6 Å². The number of ether oxygens (including phenoxy) is 3. The lowest BCUT2D eigenvalue weighted by Gasteiger charge is -2.31. The molecule has 0 spiro atoms. The van der Waals surface area contributed by atoms with Gasteiger partial charge in [0, 0.05) is 26.9 Å². The third kappa shape index (κ3) is 5.98. The predicted molar refractivity (Wildman–Crippen MR) is 69.5 cm³/mol. The number of carbonyl (C=O) groups excluding carboxylic acids is 2. The fourth-order valence-electron chi connectivity index (χ4n) is 2.10. The molecule has 1 aliphatic heterocycles. The Labute approximate surface area is 113 Å². The Kier molecular flexibility index (Phi) is 6.73. The van der Waals surface area contributed by atoms with E-state index in [4.69, 9.17) is 14.2 Å². The molecule has 108 valence electrons. The van der Waals surface area contributed by atoms with Crippen molar-refractivity contribution in [3.8, 4) is 0 Å². The first-order chi connectivity index (χ1) is 9.02. The van der Waals surface area contributed by atoms with Crippen molar-refractivity contribution in [3.05, 3.63) is 11.6 Å². The molecule has 1 rings (SSSR count). The van der Waals surface area contributed by atoms with Crippen LogP contribution < -0.4 is 0 Å². The number of hydrogen-bond acceptors (Lipinski definition) is 5. The van der Waals surface area contributed by atoms with Crippen LogP contribution in [0, 0.1) is 5.92 Å². The van der Waals surface area contributed by atoms with Gasteiger partial charge in [-0.2, -0.15) is 0 Å². The summed E-state index contributed by atoms with van der Waals surface area (Å²) in [6.45, 7) is 3.68. The Morgan fingerprint density at radius 2 is 2.16 bits per heavy atom. The fourth-order valence-corrected chi connectivity index (χ4v) is 2.10. The molecule has 0 aromatic heterocycles. The molecule has 5 heteroatoms. The van der Waals surface area contributed by atoms with Gasteiger partial charge >= 0.3 is 5.97 Å². The molecule has 0 unspecified atom stereocenters. The first-order valence-electron chi connectivity index (χ1n) is 6.49. The largest absolute Gasteiger partial charge is 0.462 e. The molecule has 0 bridgehead atoms. The second-order valence-electron chi connectivity index (χ2n) is 4.73. The van der Waals surface area contributed by atoms with Gasteiger partial charge in [0.2, 0.25) is 0 Å². The number of Topliss-reactive ketones (excluding diaryl/α,β-unsaturated/α-hetero) is 1. The molecule has 0 saturated carbocycles. The van der Waals surface area contributed by atoms with Gasteiger partial charge in [-0.3, -0.25) is 4.79 Å². The average Bonchev–Trinajstić information content (AvgIpc) is 2.36. The fraction of sp³-hybridized carbons (Fsp3) is 0.714. The molecule has 0 amide bonds. The summed E-state index contributed by atoms with van der Waals surface area (Å²) in [5.41, 5.74) is 1.08. The van der Waals surface area contributed by atoms with E-state index in [9.17, 15) is 9.59 Å². The Balaban J connectivity index is 2.58. The highest BCUT2D eigenvalue weighted by Gasteiger charge is 2.26. The average molecular weight is 270 g/mol. The first-order valence-corrected chi connectivity index (χ1v) is 6.49. The van der Waals surface area contributed by atoms with E-state index in [1.54, 1.807) is 14.0 Å². The quantitative estimate of drug-likeness (QED) is 0.544. The number of esters is 1. The number of hydrogen-bond donors (Lipinski definition) is 0. The van der Waals surface area contributed by atoms with Crippen LogP contribution in [0.4, 0.5) is 0 Å². The van der Waals surface area contributed by atoms with E-state index in [1.807, 2.05) is 6.08 Å². The monoisotopic (exact) mass is 270 g/mol. The number of rotatable bonds is 6. The molecule has 1 heterocycles. The number of ketones is 1. The second kappa shape index (κ2) is 8.07. The molecule has 0 aromatic carbocycles. The van der Waals surface area contributed by atoms with Crippen LogP contribution in [0.3, 0.4) is 0 Å². The van der Waals surface area contributed by atoms with Crippen LogP contribution in [0.1, 0.15) is 33.1 Å². The first kappa shape index (κ1) is 15.9. The van der Waals surface area contributed by atoms with Crippen molar-refractivity contribution in [2.45, 2.75) is 39.4 Å². The van der Waals surface area contributed by atoms with E-state index in [0.717, 1.165) is 18.4 Å². The minimum Gasteiger partial charge on any atom is -0.462 e. The van der Waals surface area contributed by atoms with Crippen molar-refractivity contribution >= 4 is 11.8 Å². The molecule has 1 saturated heterocycles. The van der Waals surface area contributed by atoms with Gasteiger partial charge in [-0.25, -0.2) is 0 Å². The van der Waals surface area contributed by atoms with E-state index in [2.05, 4.69) is 0 Å². The van der Waals surface area contributed by atoms with Crippen LogP contribution in [-0.2, 0) is 23.8 Å². The van der Waals surface area contributed by atoms with Crippen LogP contribution in [-0.4, -0.2) is 38.4 Å². The van der Waals surface area contributed by atoms with Crippen molar-refractivity contribution in [1.82, 2.24) is 0 Å². The highest BCUT2D eigenvalue weighted by Crippen LogP contribution is 2.29. The van der Waals surface area contributed by atoms with E-state index in [1.165, 1.54) is 6.92 Å². The molecular formula is C14H22O5.